The summed E-state index contributed by atoms with van der Waals surface area (Å²) in [4.78, 5) is 11.0. The number of sulfonamides is 1. The molecule has 0 spiro atoms. The van der Waals surface area contributed by atoms with E-state index in [2.05, 4.69) is 14.9 Å². The first-order valence-corrected chi connectivity index (χ1v) is 10.6. The number of methoxy groups -OCH3 is 2. The van der Waals surface area contributed by atoms with Crippen molar-refractivity contribution in [2.75, 3.05) is 45.3 Å². The highest BCUT2D eigenvalue weighted by atomic mass is 32.2. The van der Waals surface area contributed by atoms with Crippen molar-refractivity contribution in [3.8, 4) is 11.5 Å². The number of rotatable bonds is 5. The fraction of sp³-hybridized carbons (Fsp3) is 0.474. The van der Waals surface area contributed by atoms with Crippen molar-refractivity contribution in [1.29, 1.82) is 0 Å². The lowest BCUT2D eigenvalue weighted by Crippen LogP contribution is -2.33. The Labute approximate surface area is 165 Å². The zero-order valence-corrected chi connectivity index (χ0v) is 17.0. The van der Waals surface area contributed by atoms with Crippen LogP contribution in [0.2, 0.25) is 0 Å². The van der Waals surface area contributed by atoms with Crippen LogP contribution in [0.4, 0.5) is 5.82 Å². The molecule has 8 nitrogen and oxygen atoms in total. The smallest absolute Gasteiger partial charge is 0.243 e. The van der Waals surface area contributed by atoms with Crippen molar-refractivity contribution in [3.63, 3.8) is 0 Å². The maximum absolute atomic E-state index is 13.1. The molecule has 9 heteroatoms. The summed E-state index contributed by atoms with van der Waals surface area (Å²) >= 11 is 0. The maximum atomic E-state index is 13.1. The van der Waals surface area contributed by atoms with Crippen LogP contribution in [0, 0.1) is 18.8 Å². The van der Waals surface area contributed by atoms with Gasteiger partial charge in [0.15, 0.2) is 11.5 Å². The molecule has 0 N–H and O–H groups in total. The largest absolute Gasteiger partial charge is 0.493 e. The molecule has 4 rings (SSSR count). The van der Waals surface area contributed by atoms with E-state index in [1.165, 1.54) is 20.3 Å². The molecular formula is C19H24N4O4S. The van der Waals surface area contributed by atoms with Crippen molar-refractivity contribution in [3.05, 3.63) is 36.3 Å². The normalized spacial score (nSPS) is 22.3. The van der Waals surface area contributed by atoms with Crippen LogP contribution in [0.15, 0.2) is 35.5 Å². The molecule has 0 radical (unpaired) electrons. The van der Waals surface area contributed by atoms with Gasteiger partial charge in [0.05, 0.1) is 19.1 Å². The fourth-order valence-electron chi connectivity index (χ4n) is 4.07. The predicted molar refractivity (Wildman–Crippen MR) is 104 cm³/mol. The minimum absolute atomic E-state index is 0.230. The highest BCUT2D eigenvalue weighted by Gasteiger charge is 2.44. The summed E-state index contributed by atoms with van der Waals surface area (Å²) in [5, 5.41) is 0. The Morgan fingerprint density at radius 1 is 0.964 bits per heavy atom. The lowest BCUT2D eigenvalue weighted by atomic mass is 10.0. The highest BCUT2D eigenvalue weighted by molar-refractivity contribution is 7.89. The molecule has 0 bridgehead atoms. The van der Waals surface area contributed by atoms with Crippen molar-refractivity contribution < 1.29 is 17.9 Å². The molecule has 2 atom stereocenters. The Balaban J connectivity index is 1.50. The first-order valence-electron chi connectivity index (χ1n) is 9.18. The van der Waals surface area contributed by atoms with Crippen LogP contribution < -0.4 is 14.4 Å². The maximum Gasteiger partial charge on any atom is 0.243 e. The minimum Gasteiger partial charge on any atom is -0.493 e. The molecule has 0 amide bonds. The van der Waals surface area contributed by atoms with Gasteiger partial charge in [-0.2, -0.15) is 4.31 Å². The summed E-state index contributed by atoms with van der Waals surface area (Å²) in [5.41, 5.74) is 0.930. The number of ether oxygens (including phenoxy) is 2. The lowest BCUT2D eigenvalue weighted by Gasteiger charge is -2.22. The Morgan fingerprint density at radius 2 is 1.64 bits per heavy atom. The topological polar surface area (TPSA) is 84.9 Å². The molecule has 2 saturated heterocycles. The van der Waals surface area contributed by atoms with E-state index in [1.807, 2.05) is 13.0 Å². The molecule has 3 heterocycles. The van der Waals surface area contributed by atoms with Crippen LogP contribution in [-0.4, -0.2) is 63.1 Å². The van der Waals surface area contributed by atoms with Gasteiger partial charge in [-0.25, -0.2) is 18.4 Å². The Kier molecular flexibility index (Phi) is 4.88. The monoisotopic (exact) mass is 404 g/mol. The van der Waals surface area contributed by atoms with Gasteiger partial charge in [-0.15, -0.1) is 0 Å². The van der Waals surface area contributed by atoms with E-state index in [1.54, 1.807) is 22.8 Å². The van der Waals surface area contributed by atoms with Gasteiger partial charge in [-0.3, -0.25) is 0 Å². The van der Waals surface area contributed by atoms with Gasteiger partial charge in [-0.05, 0) is 30.9 Å². The molecule has 28 heavy (non-hydrogen) atoms. The molecule has 1 aromatic heterocycles. The summed E-state index contributed by atoms with van der Waals surface area (Å²) in [7, 11) is -0.549. The molecule has 2 aliphatic heterocycles. The third-order valence-corrected chi connectivity index (χ3v) is 7.39. The van der Waals surface area contributed by atoms with Gasteiger partial charge in [-0.1, -0.05) is 0 Å². The third kappa shape index (κ3) is 3.29. The van der Waals surface area contributed by atoms with Crippen LogP contribution in [0.25, 0.3) is 0 Å². The quantitative estimate of drug-likeness (QED) is 0.748. The number of aromatic nitrogens is 2. The zero-order valence-electron chi connectivity index (χ0n) is 16.2. The number of anilines is 1. The Morgan fingerprint density at radius 3 is 2.25 bits per heavy atom. The number of fused-ring (bicyclic) bond motifs is 1. The van der Waals surface area contributed by atoms with E-state index in [0.29, 0.717) is 36.4 Å². The Bertz CT molecular complexity index is 968. The van der Waals surface area contributed by atoms with Crippen molar-refractivity contribution in [2.45, 2.75) is 11.8 Å². The molecular weight excluding hydrogens is 380 g/mol. The highest BCUT2D eigenvalue weighted by Crippen LogP contribution is 2.37. The van der Waals surface area contributed by atoms with Gasteiger partial charge >= 0.3 is 0 Å². The molecule has 2 aliphatic rings. The molecule has 2 aromatic rings. The number of nitrogens with zero attached hydrogens (tertiary/aromatic N) is 4. The van der Waals surface area contributed by atoms with Crippen LogP contribution in [-0.2, 0) is 10.0 Å². The minimum atomic E-state index is -3.57. The van der Waals surface area contributed by atoms with Crippen molar-refractivity contribution in [1.82, 2.24) is 14.3 Å². The summed E-state index contributed by atoms with van der Waals surface area (Å²) < 4.78 is 38.3. The summed E-state index contributed by atoms with van der Waals surface area (Å²) in [6.07, 6.45) is 1.58. The third-order valence-electron chi connectivity index (χ3n) is 5.56. The van der Waals surface area contributed by atoms with Gasteiger partial charge in [0, 0.05) is 44.0 Å². The average molecular weight is 404 g/mol. The molecule has 0 saturated carbocycles. The molecule has 2 fully saturated rings. The van der Waals surface area contributed by atoms with Crippen LogP contribution in [0.1, 0.15) is 5.69 Å². The lowest BCUT2D eigenvalue weighted by molar-refractivity contribution is 0.353. The van der Waals surface area contributed by atoms with E-state index in [9.17, 15) is 8.42 Å². The van der Waals surface area contributed by atoms with E-state index < -0.39 is 10.0 Å². The fourth-order valence-corrected chi connectivity index (χ4v) is 5.64. The number of aryl methyl sites for hydroxylation is 1. The second-order valence-electron chi connectivity index (χ2n) is 7.28. The van der Waals surface area contributed by atoms with Crippen LogP contribution in [0.3, 0.4) is 0 Å². The number of hydrogen-bond donors (Lipinski definition) is 0. The number of hydrogen-bond acceptors (Lipinski definition) is 7. The van der Waals surface area contributed by atoms with Gasteiger partial charge in [0.1, 0.15) is 12.1 Å². The second kappa shape index (κ2) is 7.21. The molecule has 2 unspecified atom stereocenters. The second-order valence-corrected chi connectivity index (χ2v) is 9.22. The molecule has 150 valence electrons. The SMILES string of the molecule is COc1ccc(S(=O)(=O)N2CC3CN(c4cc(C)ncn4)CC3C2)cc1OC. The zero-order chi connectivity index (χ0) is 19.9. The van der Waals surface area contributed by atoms with E-state index >= 15 is 0 Å². The first-order chi connectivity index (χ1) is 13.4. The molecule has 1 aromatic carbocycles. The van der Waals surface area contributed by atoms with Crippen molar-refractivity contribution in [2.24, 2.45) is 11.8 Å². The standard InChI is InChI=1S/C19H24N4O4S/c1-13-6-19(21-12-20-13)22-8-14-10-23(11-15(14)9-22)28(24,25)16-4-5-17(26-2)18(7-16)27-3/h4-7,12,14-15H,8-11H2,1-3H3. The molecule has 0 aliphatic carbocycles. The summed E-state index contributed by atoms with van der Waals surface area (Å²) in [5.74, 6) is 2.43. The van der Waals surface area contributed by atoms with Crippen LogP contribution >= 0.6 is 0 Å². The van der Waals surface area contributed by atoms with E-state index in [0.717, 1.165) is 24.6 Å². The van der Waals surface area contributed by atoms with Crippen molar-refractivity contribution >= 4 is 15.8 Å². The first kappa shape index (κ1) is 18.9. The van der Waals surface area contributed by atoms with Gasteiger partial charge in [0.2, 0.25) is 10.0 Å². The van der Waals surface area contributed by atoms with E-state index in [4.69, 9.17) is 9.47 Å². The summed E-state index contributed by atoms with van der Waals surface area (Å²) in [6, 6.07) is 6.69. The predicted octanol–water partition coefficient (Wildman–Crippen LogP) is 1.56. The Hall–Kier alpha value is -2.39. The van der Waals surface area contributed by atoms with Crippen LogP contribution in [0.5, 0.6) is 11.5 Å². The number of benzene rings is 1. The summed E-state index contributed by atoms with van der Waals surface area (Å²) in [6.45, 7) is 4.58. The van der Waals surface area contributed by atoms with E-state index in [-0.39, 0.29) is 4.90 Å². The van der Waals surface area contributed by atoms with Gasteiger partial charge < -0.3 is 14.4 Å². The van der Waals surface area contributed by atoms with Gasteiger partial charge in [0.25, 0.3) is 0 Å². The average Bonchev–Trinajstić information content (AvgIpc) is 3.27.